The third-order valence-corrected chi connectivity index (χ3v) is 5.34. The van der Waals surface area contributed by atoms with Gasteiger partial charge in [0.05, 0.1) is 36.3 Å². The maximum absolute atomic E-state index is 11.9. The van der Waals surface area contributed by atoms with E-state index in [0.29, 0.717) is 42.2 Å². The zero-order chi connectivity index (χ0) is 28.8. The molecule has 39 heavy (non-hydrogen) atoms. The van der Waals surface area contributed by atoms with Crippen LogP contribution in [0.25, 0.3) is 0 Å². The maximum Gasteiger partial charge on any atom is 0.534 e. The first-order chi connectivity index (χ1) is 18.5. The van der Waals surface area contributed by atoms with Crippen molar-refractivity contribution >= 4 is 35.1 Å². The minimum Gasteiger partial charge on any atom is -0.433 e. The van der Waals surface area contributed by atoms with Gasteiger partial charge in [0, 0.05) is 13.0 Å². The number of nitrogens with two attached hydrogens (primary N) is 4. The Bertz CT molecular complexity index is 1060. The van der Waals surface area contributed by atoms with Gasteiger partial charge in [-0.05, 0) is 51.5 Å². The van der Waals surface area contributed by atoms with Crippen LogP contribution < -0.4 is 33.5 Å². The van der Waals surface area contributed by atoms with E-state index in [1.807, 2.05) is 20.8 Å². The minimum absolute atomic E-state index is 0.0296. The zero-order valence-electron chi connectivity index (χ0n) is 22.4. The molecule has 0 aliphatic rings. The van der Waals surface area contributed by atoms with Crippen molar-refractivity contribution in [2.24, 2.45) is 11.7 Å². The topological polar surface area (TPSA) is 200 Å². The van der Waals surface area contributed by atoms with Crippen LogP contribution in [-0.4, -0.2) is 50.4 Å². The van der Waals surface area contributed by atoms with E-state index in [4.69, 9.17) is 51.8 Å². The predicted molar refractivity (Wildman–Crippen MR) is 145 cm³/mol. The number of hydrazine groups is 2. The average molecular weight is 551 g/mol. The number of carbonyl (C=O) groups is 2. The molecule has 0 fully saturated rings. The number of carbonyl (C=O) groups excluding carboxylic acids is 2. The fourth-order valence-corrected chi connectivity index (χ4v) is 3.10. The van der Waals surface area contributed by atoms with Crippen molar-refractivity contribution in [2.75, 3.05) is 48.2 Å². The molecular formula is C25H38N6O8. The summed E-state index contributed by atoms with van der Waals surface area (Å²) in [6.07, 6.45) is -1.12. The molecule has 1 unspecified atom stereocenters. The van der Waals surface area contributed by atoms with E-state index < -0.39 is 17.9 Å². The molecule has 0 aliphatic carbocycles. The Morgan fingerprint density at radius 1 is 0.795 bits per heavy atom. The van der Waals surface area contributed by atoms with Crippen molar-refractivity contribution in [2.45, 2.75) is 45.3 Å². The van der Waals surface area contributed by atoms with Crippen molar-refractivity contribution in [3.8, 4) is 0 Å². The number of ether oxygens (including phenoxy) is 4. The number of nitrogen functional groups attached to an aromatic ring is 2. The highest BCUT2D eigenvalue weighted by Crippen LogP contribution is 2.21. The predicted octanol–water partition coefficient (Wildman–Crippen LogP) is 3.03. The van der Waals surface area contributed by atoms with Gasteiger partial charge in [0.25, 0.3) is 0 Å². The van der Waals surface area contributed by atoms with Crippen molar-refractivity contribution in [3.05, 3.63) is 48.5 Å². The lowest BCUT2D eigenvalue weighted by atomic mass is 10.1. The van der Waals surface area contributed by atoms with Gasteiger partial charge < -0.3 is 30.4 Å². The monoisotopic (exact) mass is 550 g/mol. The maximum atomic E-state index is 11.9. The lowest BCUT2D eigenvalue weighted by Crippen LogP contribution is -2.35. The molecule has 14 heteroatoms. The first kappa shape index (κ1) is 31.2. The molecule has 0 spiro atoms. The first-order valence-electron chi connectivity index (χ1n) is 12.2. The van der Waals surface area contributed by atoms with Gasteiger partial charge in [-0.3, -0.25) is 9.68 Å². The van der Waals surface area contributed by atoms with Gasteiger partial charge in [0.15, 0.2) is 0 Å². The highest BCUT2D eigenvalue weighted by molar-refractivity contribution is 5.69. The molecule has 14 nitrogen and oxygen atoms in total. The summed E-state index contributed by atoms with van der Waals surface area (Å²) < 4.78 is 21.5. The summed E-state index contributed by atoms with van der Waals surface area (Å²) in [7, 11) is 0. The third kappa shape index (κ3) is 11.5. The van der Waals surface area contributed by atoms with Crippen LogP contribution in [0.15, 0.2) is 48.5 Å². The molecule has 216 valence electrons. The van der Waals surface area contributed by atoms with Crippen LogP contribution in [0.4, 0.5) is 32.3 Å². The summed E-state index contributed by atoms with van der Waals surface area (Å²) in [5.74, 6) is 11.4. The fourth-order valence-electron chi connectivity index (χ4n) is 3.10. The summed E-state index contributed by atoms with van der Waals surface area (Å²) in [5.41, 5.74) is 12.3. The third-order valence-electron chi connectivity index (χ3n) is 5.34. The number of hydrogen-bond donors (Lipinski definition) is 4. The van der Waals surface area contributed by atoms with E-state index in [-0.39, 0.29) is 25.9 Å². The molecule has 0 heterocycles. The van der Waals surface area contributed by atoms with E-state index in [0.717, 1.165) is 10.3 Å². The Balaban J connectivity index is 1.55. The van der Waals surface area contributed by atoms with Gasteiger partial charge in [-0.1, -0.05) is 24.3 Å². The lowest BCUT2D eigenvalue weighted by molar-refractivity contribution is -0.0582. The number of rotatable bonds is 15. The van der Waals surface area contributed by atoms with Gasteiger partial charge in [0.2, 0.25) is 0 Å². The molecule has 0 radical (unpaired) electrons. The summed E-state index contributed by atoms with van der Waals surface area (Å²) in [4.78, 5) is 33.5. The van der Waals surface area contributed by atoms with Crippen molar-refractivity contribution in [1.82, 2.24) is 0 Å². The standard InChI is InChI=1S/C25H38N6O8/c1-18(34-16-17-36-24(33)39-31(29)22-11-7-5-9-20(22)27)12-14-37-25(2,3)13-15-35-23(32)38-30(28)21-10-6-4-8-19(21)26/h4-11,18H,12-17,26-29H2,1-3H3. The van der Waals surface area contributed by atoms with Gasteiger partial charge >= 0.3 is 12.3 Å². The van der Waals surface area contributed by atoms with Crippen LogP contribution in [-0.2, 0) is 28.6 Å². The number of para-hydroxylation sites is 4. The second-order valence-corrected chi connectivity index (χ2v) is 8.98. The van der Waals surface area contributed by atoms with Crippen molar-refractivity contribution in [3.63, 3.8) is 0 Å². The molecule has 1 atom stereocenters. The second-order valence-electron chi connectivity index (χ2n) is 8.98. The SMILES string of the molecule is CC(CCOC(C)(C)CCOC(=O)ON(N)c1ccccc1N)OCCOC(=O)ON(N)c1ccccc1N. The zero-order valence-corrected chi connectivity index (χ0v) is 22.4. The molecule has 8 N–H and O–H groups in total. The molecule has 2 aromatic rings. The van der Waals surface area contributed by atoms with E-state index in [2.05, 4.69) is 0 Å². The van der Waals surface area contributed by atoms with Crippen LogP contribution in [0.2, 0.25) is 0 Å². The summed E-state index contributed by atoms with van der Waals surface area (Å²) in [5, 5.41) is 1.49. The van der Waals surface area contributed by atoms with Gasteiger partial charge in [-0.25, -0.2) is 21.3 Å². The number of anilines is 4. The van der Waals surface area contributed by atoms with Gasteiger partial charge in [-0.2, -0.15) is 0 Å². The van der Waals surface area contributed by atoms with Gasteiger partial charge in [-0.15, -0.1) is 10.3 Å². The average Bonchev–Trinajstić information content (AvgIpc) is 2.86. The van der Waals surface area contributed by atoms with Crippen molar-refractivity contribution < 1.29 is 38.2 Å². The Morgan fingerprint density at radius 2 is 1.28 bits per heavy atom. The van der Waals surface area contributed by atoms with E-state index >= 15 is 0 Å². The molecular weight excluding hydrogens is 512 g/mol. The van der Waals surface area contributed by atoms with Crippen LogP contribution in [0, 0.1) is 0 Å². The van der Waals surface area contributed by atoms with Crippen LogP contribution in [0.5, 0.6) is 0 Å². The summed E-state index contributed by atoms with van der Waals surface area (Å²) >= 11 is 0. The summed E-state index contributed by atoms with van der Waals surface area (Å²) in [6, 6.07) is 13.3. The first-order valence-corrected chi connectivity index (χ1v) is 12.2. The molecule has 2 aromatic carbocycles. The lowest BCUT2D eigenvalue weighted by Gasteiger charge is -2.26. The molecule has 0 amide bonds. The normalized spacial score (nSPS) is 11.8. The van der Waals surface area contributed by atoms with Crippen LogP contribution in [0.1, 0.15) is 33.6 Å². The second kappa shape index (κ2) is 15.4. The molecule has 0 aromatic heterocycles. The molecule has 0 saturated carbocycles. The quantitative estimate of drug-likeness (QED) is 0.0828. The van der Waals surface area contributed by atoms with Crippen LogP contribution in [0.3, 0.4) is 0 Å². The molecule has 0 saturated heterocycles. The van der Waals surface area contributed by atoms with Gasteiger partial charge in [0.1, 0.15) is 18.0 Å². The number of benzene rings is 2. The largest absolute Gasteiger partial charge is 0.534 e. The van der Waals surface area contributed by atoms with E-state index in [1.54, 1.807) is 48.5 Å². The highest BCUT2D eigenvalue weighted by atomic mass is 16.8. The number of nitrogens with zero attached hydrogens (tertiary/aromatic N) is 2. The number of hydrogen-bond acceptors (Lipinski definition) is 14. The molecule has 2 rings (SSSR count). The Morgan fingerprint density at radius 3 is 1.79 bits per heavy atom. The summed E-state index contributed by atoms with van der Waals surface area (Å²) in [6.45, 7) is 6.18. The highest BCUT2D eigenvalue weighted by Gasteiger charge is 2.21. The van der Waals surface area contributed by atoms with E-state index in [9.17, 15) is 9.59 Å². The Kier molecular flexibility index (Phi) is 12.4. The van der Waals surface area contributed by atoms with Crippen LogP contribution >= 0.6 is 0 Å². The van der Waals surface area contributed by atoms with Crippen molar-refractivity contribution in [1.29, 1.82) is 0 Å². The fraction of sp³-hybridized carbons (Fsp3) is 0.440. The Labute approximate surface area is 227 Å². The minimum atomic E-state index is -0.989. The molecule has 0 aliphatic heterocycles. The smallest absolute Gasteiger partial charge is 0.433 e. The molecule has 0 bridgehead atoms. The van der Waals surface area contributed by atoms with E-state index in [1.165, 1.54) is 0 Å². The Hall–Kier alpha value is -3.98.